The third-order valence-electron chi connectivity index (χ3n) is 2.03. The molecule has 0 saturated heterocycles. The largest absolute Gasteiger partial charge is 0.478 e. The summed E-state index contributed by atoms with van der Waals surface area (Å²) in [7, 11) is 0. The molecule has 3 N–H and O–H groups in total. The fourth-order valence-corrected chi connectivity index (χ4v) is 2.05. The van der Waals surface area contributed by atoms with Gasteiger partial charge < -0.3 is 15.7 Å². The quantitative estimate of drug-likeness (QED) is 0.529. The lowest BCUT2D eigenvalue weighted by Gasteiger charge is -2.03. The summed E-state index contributed by atoms with van der Waals surface area (Å²) in [6, 6.07) is 3.30. The number of carbonyl (C=O) groups is 3. The van der Waals surface area contributed by atoms with E-state index in [1.807, 2.05) is 0 Å². The second-order valence-corrected chi connectivity index (χ2v) is 4.73. The van der Waals surface area contributed by atoms with E-state index in [1.165, 1.54) is 24.3 Å². The lowest BCUT2D eigenvalue weighted by atomic mass is 10.4. The highest BCUT2D eigenvalue weighted by Crippen LogP contribution is 2.17. The van der Waals surface area contributed by atoms with Gasteiger partial charge in [0, 0.05) is 31.0 Å². The predicted octanol–water partition coefficient (Wildman–Crippen LogP) is 0.712. The summed E-state index contributed by atoms with van der Waals surface area (Å²) >= 11 is 1.20. The van der Waals surface area contributed by atoms with Crippen LogP contribution in [0.25, 0.3) is 6.08 Å². The van der Waals surface area contributed by atoms with Gasteiger partial charge >= 0.3 is 5.97 Å². The molecule has 7 heteroatoms. The molecule has 1 rings (SSSR count). The number of hydrogen-bond acceptors (Lipinski definition) is 4. The molecule has 0 aromatic carbocycles. The Balaban J connectivity index is 2.45. The minimum Gasteiger partial charge on any atom is -0.478 e. The molecule has 0 unspecified atom stereocenters. The van der Waals surface area contributed by atoms with Crippen LogP contribution in [0.3, 0.4) is 0 Å². The molecule has 6 nitrogen and oxygen atoms in total. The van der Waals surface area contributed by atoms with Crippen LogP contribution in [0.1, 0.15) is 21.5 Å². The Morgan fingerprint density at radius 2 is 1.95 bits per heavy atom. The highest BCUT2D eigenvalue weighted by Gasteiger charge is 2.07. The molecule has 0 aliphatic rings. The van der Waals surface area contributed by atoms with E-state index in [2.05, 4.69) is 10.6 Å². The Kier molecular flexibility index (Phi) is 5.74. The van der Waals surface area contributed by atoms with Crippen molar-refractivity contribution in [1.82, 2.24) is 10.6 Å². The average molecular weight is 282 g/mol. The Morgan fingerprint density at radius 1 is 1.26 bits per heavy atom. The molecule has 0 fully saturated rings. The van der Waals surface area contributed by atoms with Gasteiger partial charge in [0.2, 0.25) is 5.91 Å². The van der Waals surface area contributed by atoms with Gasteiger partial charge in [-0.15, -0.1) is 11.3 Å². The molecule has 0 bridgehead atoms. The second kappa shape index (κ2) is 7.32. The first-order valence-electron chi connectivity index (χ1n) is 5.52. The number of carboxylic acids is 1. The van der Waals surface area contributed by atoms with E-state index in [1.54, 1.807) is 12.1 Å². The number of rotatable bonds is 6. The van der Waals surface area contributed by atoms with Gasteiger partial charge in [-0.25, -0.2) is 4.79 Å². The van der Waals surface area contributed by atoms with Crippen LogP contribution in [-0.4, -0.2) is 36.0 Å². The van der Waals surface area contributed by atoms with Gasteiger partial charge in [0.05, 0.1) is 4.88 Å². The zero-order valence-corrected chi connectivity index (χ0v) is 11.1. The number of carbonyl (C=O) groups excluding carboxylic acids is 2. The third-order valence-corrected chi connectivity index (χ3v) is 3.07. The number of aliphatic carboxylic acids is 1. The minimum atomic E-state index is -1.03. The van der Waals surface area contributed by atoms with Crippen molar-refractivity contribution in [3.8, 4) is 0 Å². The molecular formula is C12H14N2O4S. The van der Waals surface area contributed by atoms with E-state index in [0.717, 1.165) is 6.08 Å². The molecule has 0 aliphatic carbocycles. The van der Waals surface area contributed by atoms with Gasteiger partial charge in [-0.1, -0.05) is 0 Å². The molecule has 1 aromatic rings. The maximum Gasteiger partial charge on any atom is 0.328 e. The monoisotopic (exact) mass is 282 g/mol. The first-order valence-corrected chi connectivity index (χ1v) is 6.34. The molecule has 0 saturated carbocycles. The maximum absolute atomic E-state index is 11.7. The second-order valence-electron chi connectivity index (χ2n) is 3.61. The van der Waals surface area contributed by atoms with Gasteiger partial charge in [-0.3, -0.25) is 9.59 Å². The SMILES string of the molecule is CC(=O)NCCNC(=O)c1ccc(/C=C/C(=O)O)s1. The molecule has 0 radical (unpaired) electrons. The van der Waals surface area contributed by atoms with Crippen LogP contribution < -0.4 is 10.6 Å². The fourth-order valence-electron chi connectivity index (χ4n) is 1.22. The first-order chi connectivity index (χ1) is 8.99. The lowest BCUT2D eigenvalue weighted by molar-refractivity contribution is -0.131. The molecule has 102 valence electrons. The molecule has 1 aromatic heterocycles. The highest BCUT2D eigenvalue weighted by molar-refractivity contribution is 7.14. The van der Waals surface area contributed by atoms with Crippen LogP contribution in [0.2, 0.25) is 0 Å². The number of hydrogen-bond donors (Lipinski definition) is 3. The van der Waals surface area contributed by atoms with Crippen molar-refractivity contribution in [3.05, 3.63) is 28.0 Å². The van der Waals surface area contributed by atoms with E-state index in [4.69, 9.17) is 5.11 Å². The topological polar surface area (TPSA) is 95.5 Å². The maximum atomic E-state index is 11.7. The smallest absolute Gasteiger partial charge is 0.328 e. The first kappa shape index (κ1) is 14.9. The summed E-state index contributed by atoms with van der Waals surface area (Å²) in [5, 5.41) is 13.7. The van der Waals surface area contributed by atoms with Crippen LogP contribution in [0, 0.1) is 0 Å². The summed E-state index contributed by atoms with van der Waals surface area (Å²) in [6.07, 6.45) is 2.45. The van der Waals surface area contributed by atoms with E-state index in [9.17, 15) is 14.4 Å². The predicted molar refractivity (Wildman–Crippen MR) is 72.0 cm³/mol. The van der Waals surface area contributed by atoms with Crippen LogP contribution in [-0.2, 0) is 9.59 Å². The van der Waals surface area contributed by atoms with Crippen molar-refractivity contribution < 1.29 is 19.5 Å². The summed E-state index contributed by atoms with van der Waals surface area (Å²) in [4.78, 5) is 33.8. The Labute approximate surface area is 114 Å². The van der Waals surface area contributed by atoms with Gasteiger partial charge in [0.15, 0.2) is 0 Å². The van der Waals surface area contributed by atoms with Crippen LogP contribution in [0.15, 0.2) is 18.2 Å². The van der Waals surface area contributed by atoms with Crippen molar-refractivity contribution >= 4 is 35.2 Å². The van der Waals surface area contributed by atoms with Crippen molar-refractivity contribution in [2.45, 2.75) is 6.92 Å². The zero-order valence-electron chi connectivity index (χ0n) is 10.3. The van der Waals surface area contributed by atoms with Crippen LogP contribution >= 0.6 is 11.3 Å². The van der Waals surface area contributed by atoms with Crippen molar-refractivity contribution in [1.29, 1.82) is 0 Å². The molecule has 1 heterocycles. The van der Waals surface area contributed by atoms with Gasteiger partial charge in [-0.05, 0) is 18.2 Å². The van der Waals surface area contributed by atoms with Crippen molar-refractivity contribution in [3.63, 3.8) is 0 Å². The molecule has 19 heavy (non-hydrogen) atoms. The summed E-state index contributed by atoms with van der Waals surface area (Å²) in [5.41, 5.74) is 0. The van der Waals surface area contributed by atoms with Crippen molar-refractivity contribution in [2.75, 3.05) is 13.1 Å². The standard InChI is InChI=1S/C12H14N2O4S/c1-8(15)13-6-7-14-12(18)10-4-2-9(19-10)3-5-11(16)17/h2-5H,6-7H2,1H3,(H,13,15)(H,14,18)(H,16,17)/b5-3+. The number of nitrogens with one attached hydrogen (secondary N) is 2. The zero-order chi connectivity index (χ0) is 14.3. The van der Waals surface area contributed by atoms with Crippen molar-refractivity contribution in [2.24, 2.45) is 0 Å². The normalized spacial score (nSPS) is 10.4. The van der Waals surface area contributed by atoms with Gasteiger partial charge in [-0.2, -0.15) is 0 Å². The Morgan fingerprint density at radius 3 is 2.58 bits per heavy atom. The molecular weight excluding hydrogens is 268 g/mol. The molecule has 0 aliphatic heterocycles. The Bertz CT molecular complexity index is 508. The Hall–Kier alpha value is -2.15. The molecule has 0 atom stereocenters. The number of thiophene rings is 1. The van der Waals surface area contributed by atoms with Crippen LogP contribution in [0.4, 0.5) is 0 Å². The highest BCUT2D eigenvalue weighted by atomic mass is 32.1. The average Bonchev–Trinajstić information content (AvgIpc) is 2.80. The summed E-state index contributed by atoms with van der Waals surface area (Å²) in [6.45, 7) is 2.12. The van der Waals surface area contributed by atoms with E-state index < -0.39 is 5.97 Å². The van der Waals surface area contributed by atoms with Crippen LogP contribution in [0.5, 0.6) is 0 Å². The van der Waals surface area contributed by atoms with E-state index >= 15 is 0 Å². The number of amides is 2. The molecule has 0 spiro atoms. The number of carboxylic acid groups (broad SMARTS) is 1. The van der Waals surface area contributed by atoms with E-state index in [-0.39, 0.29) is 11.8 Å². The lowest BCUT2D eigenvalue weighted by Crippen LogP contribution is -2.33. The van der Waals surface area contributed by atoms with Gasteiger partial charge in [0.1, 0.15) is 0 Å². The summed E-state index contributed by atoms with van der Waals surface area (Å²) < 4.78 is 0. The van der Waals surface area contributed by atoms with Gasteiger partial charge in [0.25, 0.3) is 5.91 Å². The molecule has 2 amide bonds. The minimum absolute atomic E-state index is 0.147. The fraction of sp³-hybridized carbons (Fsp3) is 0.250. The van der Waals surface area contributed by atoms with E-state index in [0.29, 0.717) is 22.8 Å². The third kappa shape index (κ3) is 5.82. The summed E-state index contributed by atoms with van der Waals surface area (Å²) in [5.74, 6) is -1.42.